The lowest BCUT2D eigenvalue weighted by atomic mass is 10.0. The van der Waals surface area contributed by atoms with Gasteiger partial charge in [0, 0.05) is 44.7 Å². The summed E-state index contributed by atoms with van der Waals surface area (Å²) in [5.41, 5.74) is 1.18. The first-order chi connectivity index (χ1) is 12.9. The molecule has 2 saturated heterocycles. The van der Waals surface area contributed by atoms with Gasteiger partial charge < -0.3 is 10.0 Å². The first-order valence-corrected chi connectivity index (χ1v) is 10.9. The van der Waals surface area contributed by atoms with Crippen molar-refractivity contribution in [3.8, 4) is 11.4 Å². The zero-order valence-electron chi connectivity index (χ0n) is 15.1. The number of piperidine rings is 1. The van der Waals surface area contributed by atoms with Gasteiger partial charge in [0.25, 0.3) is 0 Å². The molecule has 0 aromatic carbocycles. The maximum atomic E-state index is 12.2. The summed E-state index contributed by atoms with van der Waals surface area (Å²) in [4.78, 5) is 8.60. The second-order valence-electron chi connectivity index (χ2n) is 7.19. The lowest BCUT2D eigenvalue weighted by Gasteiger charge is -2.38. The Bertz CT molecular complexity index is 895. The van der Waals surface area contributed by atoms with Crippen LogP contribution in [0.3, 0.4) is 0 Å². The van der Waals surface area contributed by atoms with E-state index in [4.69, 9.17) is 0 Å². The van der Waals surface area contributed by atoms with E-state index >= 15 is 0 Å². The van der Waals surface area contributed by atoms with Gasteiger partial charge in [-0.05, 0) is 35.8 Å². The molecule has 27 heavy (non-hydrogen) atoms. The molecule has 0 spiro atoms. The van der Waals surface area contributed by atoms with Crippen molar-refractivity contribution < 1.29 is 13.5 Å². The van der Waals surface area contributed by atoms with Gasteiger partial charge in [-0.15, -0.1) is 5.10 Å². The van der Waals surface area contributed by atoms with Crippen molar-refractivity contribution in [2.45, 2.75) is 36.4 Å². The third-order valence-corrected chi connectivity index (χ3v) is 6.36. The Kier molecular flexibility index (Phi) is 4.82. The predicted molar refractivity (Wildman–Crippen MR) is 98.0 cm³/mol. The largest absolute Gasteiger partial charge is 0.392 e. The lowest BCUT2D eigenvalue weighted by molar-refractivity contribution is 0.148. The fraction of sp³-hybridized carbons (Fsp3) is 0.625. The van der Waals surface area contributed by atoms with Crippen LogP contribution in [0, 0.1) is 0 Å². The van der Waals surface area contributed by atoms with Crippen LogP contribution in [0.2, 0.25) is 0 Å². The van der Waals surface area contributed by atoms with Gasteiger partial charge in [-0.25, -0.2) is 18.5 Å². The Balaban J connectivity index is 1.61. The van der Waals surface area contributed by atoms with Gasteiger partial charge in [0.2, 0.25) is 0 Å². The highest BCUT2D eigenvalue weighted by Crippen LogP contribution is 2.35. The molecule has 11 heteroatoms. The fourth-order valence-electron chi connectivity index (χ4n) is 4.04. The minimum Gasteiger partial charge on any atom is -0.392 e. The Morgan fingerprint density at radius 2 is 2.00 bits per heavy atom. The first kappa shape index (κ1) is 18.3. The lowest BCUT2D eigenvalue weighted by Crippen LogP contribution is -2.44. The van der Waals surface area contributed by atoms with Crippen molar-refractivity contribution in [1.29, 1.82) is 0 Å². The molecule has 10 nitrogen and oxygen atoms in total. The van der Waals surface area contributed by atoms with Crippen LogP contribution >= 0.6 is 0 Å². The third-order valence-electron chi connectivity index (χ3n) is 5.34. The van der Waals surface area contributed by atoms with Crippen molar-refractivity contribution in [3.63, 3.8) is 0 Å². The topological polar surface area (TPSA) is 128 Å². The molecule has 0 unspecified atom stereocenters. The van der Waals surface area contributed by atoms with Gasteiger partial charge in [-0.3, -0.25) is 4.90 Å². The highest BCUT2D eigenvalue weighted by Gasteiger charge is 2.32. The highest BCUT2D eigenvalue weighted by atomic mass is 32.2. The molecule has 0 saturated carbocycles. The number of H-pyrrole nitrogens is 1. The molecular formula is C16H23N7O3S. The van der Waals surface area contributed by atoms with Crippen LogP contribution in [0.15, 0.2) is 17.3 Å². The number of hydrogen-bond donors (Lipinski definition) is 2. The summed E-state index contributed by atoms with van der Waals surface area (Å²) < 4.78 is 24.5. The standard InChI is InChI=1S/C16H23N7O3S/c1-27(25,26)16-14(15-18-20-21-19-15)13(2-6-17-16)22-7-3-11(4-8-22)23-9-5-12(24)10-23/h2,6,11-12,24H,3-5,7-10H2,1H3,(H,18,19,20,21)/t12-/m0/s1. The van der Waals surface area contributed by atoms with Gasteiger partial charge in [0.05, 0.1) is 17.4 Å². The van der Waals surface area contributed by atoms with Gasteiger partial charge in [0.15, 0.2) is 20.7 Å². The van der Waals surface area contributed by atoms with Crippen LogP contribution in [0.25, 0.3) is 11.4 Å². The molecule has 0 aliphatic carbocycles. The van der Waals surface area contributed by atoms with E-state index in [1.165, 1.54) is 6.20 Å². The molecule has 0 radical (unpaired) electrons. The van der Waals surface area contributed by atoms with Crippen molar-refractivity contribution in [1.82, 2.24) is 30.5 Å². The number of hydrogen-bond acceptors (Lipinski definition) is 9. The smallest absolute Gasteiger partial charge is 0.193 e. The Morgan fingerprint density at radius 1 is 1.22 bits per heavy atom. The Morgan fingerprint density at radius 3 is 2.59 bits per heavy atom. The predicted octanol–water partition coefficient (Wildman–Crippen LogP) is -0.299. The normalized spacial score (nSPS) is 22.4. The number of likely N-dealkylation sites (tertiary alicyclic amines) is 1. The van der Waals surface area contributed by atoms with Crippen molar-refractivity contribution in [2.24, 2.45) is 0 Å². The molecule has 2 aliphatic rings. The van der Waals surface area contributed by atoms with Crippen molar-refractivity contribution in [3.05, 3.63) is 12.3 Å². The van der Waals surface area contributed by atoms with Crippen LogP contribution in [0.4, 0.5) is 5.69 Å². The number of pyridine rings is 1. The number of aromatic amines is 1. The molecule has 4 heterocycles. The minimum atomic E-state index is -3.54. The molecule has 2 N–H and O–H groups in total. The van der Waals surface area contributed by atoms with Crippen LogP contribution in [0.5, 0.6) is 0 Å². The molecule has 2 aromatic heterocycles. The maximum absolute atomic E-state index is 12.2. The van der Waals surface area contributed by atoms with E-state index in [-0.39, 0.29) is 11.1 Å². The molecule has 146 valence electrons. The van der Waals surface area contributed by atoms with Crippen LogP contribution < -0.4 is 4.90 Å². The zero-order chi connectivity index (χ0) is 19.0. The van der Waals surface area contributed by atoms with Gasteiger partial charge in [-0.1, -0.05) is 0 Å². The number of nitrogens with zero attached hydrogens (tertiary/aromatic N) is 6. The average Bonchev–Trinajstić information content (AvgIpc) is 3.32. The van der Waals surface area contributed by atoms with Crippen molar-refractivity contribution in [2.75, 3.05) is 37.3 Å². The van der Waals surface area contributed by atoms with Crippen LogP contribution in [-0.2, 0) is 9.84 Å². The third kappa shape index (κ3) is 3.66. The zero-order valence-corrected chi connectivity index (χ0v) is 15.9. The summed E-state index contributed by atoms with van der Waals surface area (Å²) in [6.45, 7) is 3.26. The van der Waals surface area contributed by atoms with Crippen LogP contribution in [-0.4, -0.2) is 88.6 Å². The second-order valence-corrected chi connectivity index (χ2v) is 9.12. The average molecular weight is 393 g/mol. The number of rotatable bonds is 4. The quantitative estimate of drug-likeness (QED) is 0.719. The number of β-amino-alcohol motifs (C(OH)–C–C–N with tert-alkyl or cyclic N) is 1. The maximum Gasteiger partial charge on any atom is 0.193 e. The molecule has 4 rings (SSSR count). The van der Waals surface area contributed by atoms with Gasteiger partial charge in [0.1, 0.15) is 0 Å². The molecule has 1 atom stereocenters. The van der Waals surface area contributed by atoms with E-state index in [9.17, 15) is 13.5 Å². The van der Waals surface area contributed by atoms with E-state index in [1.54, 1.807) is 0 Å². The number of sulfone groups is 1. The monoisotopic (exact) mass is 393 g/mol. The second kappa shape index (κ2) is 7.13. The molecule has 0 amide bonds. The number of nitrogens with one attached hydrogen (secondary N) is 1. The van der Waals surface area contributed by atoms with E-state index in [0.717, 1.165) is 57.4 Å². The number of aliphatic hydroxyl groups excluding tert-OH is 1. The Hall–Kier alpha value is -2.11. The summed E-state index contributed by atoms with van der Waals surface area (Å²) in [6.07, 6.45) is 5.19. The number of aliphatic hydroxyl groups is 1. The highest BCUT2D eigenvalue weighted by molar-refractivity contribution is 7.90. The SMILES string of the molecule is CS(=O)(=O)c1nccc(N2CCC(N3CC[C@H](O)C3)CC2)c1-c1nnn[nH]1. The molecule has 0 bridgehead atoms. The van der Waals surface area contributed by atoms with E-state index in [2.05, 4.69) is 35.4 Å². The number of aromatic nitrogens is 5. The molecule has 2 fully saturated rings. The van der Waals surface area contributed by atoms with E-state index < -0.39 is 9.84 Å². The summed E-state index contributed by atoms with van der Waals surface area (Å²) in [5.74, 6) is 0.295. The molecule has 2 aromatic rings. The number of anilines is 1. The minimum absolute atomic E-state index is 0.0247. The summed E-state index contributed by atoms with van der Waals surface area (Å²) in [6, 6.07) is 2.26. The fourth-order valence-corrected chi connectivity index (χ4v) is 4.86. The van der Waals surface area contributed by atoms with E-state index in [0.29, 0.717) is 17.4 Å². The summed E-state index contributed by atoms with van der Waals surface area (Å²) in [7, 11) is -3.54. The van der Waals surface area contributed by atoms with Crippen LogP contribution in [0.1, 0.15) is 19.3 Å². The Labute approximate surface area is 157 Å². The first-order valence-electron chi connectivity index (χ1n) is 9.03. The molecule has 2 aliphatic heterocycles. The van der Waals surface area contributed by atoms with Gasteiger partial charge >= 0.3 is 0 Å². The van der Waals surface area contributed by atoms with E-state index in [1.807, 2.05) is 6.07 Å². The summed E-state index contributed by atoms with van der Waals surface area (Å²) >= 11 is 0. The van der Waals surface area contributed by atoms with Gasteiger partial charge in [-0.2, -0.15) is 0 Å². The molecular weight excluding hydrogens is 370 g/mol. The van der Waals surface area contributed by atoms with Crippen molar-refractivity contribution >= 4 is 15.5 Å². The number of tetrazole rings is 1. The summed E-state index contributed by atoms with van der Waals surface area (Å²) in [5, 5.41) is 23.5.